The van der Waals surface area contributed by atoms with Crippen molar-refractivity contribution in [3.63, 3.8) is 0 Å². The molecule has 0 fully saturated rings. The molecule has 0 unspecified atom stereocenters. The lowest BCUT2D eigenvalue weighted by atomic mass is 9.98. The van der Waals surface area contributed by atoms with Crippen LogP contribution in [-0.4, -0.2) is 17.4 Å². The van der Waals surface area contributed by atoms with Crippen LogP contribution in [0.2, 0.25) is 0 Å². The molecular weight excluding hydrogens is 248 g/mol. The number of benzene rings is 2. The van der Waals surface area contributed by atoms with E-state index in [1.165, 1.54) is 0 Å². The van der Waals surface area contributed by atoms with Gasteiger partial charge >= 0.3 is 0 Å². The molecule has 20 heavy (non-hydrogen) atoms. The number of nitrogen functional groups attached to an aromatic ring is 1. The molecule has 0 aromatic heterocycles. The maximum atomic E-state index is 12.5. The first-order valence-corrected chi connectivity index (χ1v) is 6.88. The summed E-state index contributed by atoms with van der Waals surface area (Å²) in [7, 11) is 0. The molecule has 0 atom stereocenters. The lowest BCUT2D eigenvalue weighted by Crippen LogP contribution is -2.37. The van der Waals surface area contributed by atoms with E-state index in [1.54, 1.807) is 0 Å². The van der Waals surface area contributed by atoms with Crippen molar-refractivity contribution in [2.45, 2.75) is 19.9 Å². The average molecular weight is 266 g/mol. The molecule has 1 aliphatic rings. The Balaban J connectivity index is 1.87. The van der Waals surface area contributed by atoms with E-state index in [1.807, 2.05) is 54.3 Å². The second-order valence-corrected chi connectivity index (χ2v) is 5.27. The lowest BCUT2D eigenvalue weighted by Gasteiger charge is -2.29. The quantitative estimate of drug-likeness (QED) is 0.850. The van der Waals surface area contributed by atoms with Crippen molar-refractivity contribution in [1.29, 1.82) is 0 Å². The van der Waals surface area contributed by atoms with Crippen molar-refractivity contribution < 1.29 is 4.79 Å². The minimum atomic E-state index is 0.119. The van der Waals surface area contributed by atoms with Gasteiger partial charge < -0.3 is 10.6 Å². The van der Waals surface area contributed by atoms with Crippen molar-refractivity contribution in [3.8, 4) is 0 Å². The summed E-state index contributed by atoms with van der Waals surface area (Å²) in [6, 6.07) is 13.7. The maximum absolute atomic E-state index is 12.5. The van der Waals surface area contributed by atoms with Gasteiger partial charge in [0.05, 0.1) is 0 Å². The Hall–Kier alpha value is -2.29. The molecule has 3 rings (SSSR count). The van der Waals surface area contributed by atoms with Gasteiger partial charge in [0.1, 0.15) is 0 Å². The number of nitrogens with zero attached hydrogens (tertiary/aromatic N) is 1. The molecule has 1 amide bonds. The predicted octanol–water partition coefficient (Wildman–Crippen LogP) is 2.78. The van der Waals surface area contributed by atoms with E-state index >= 15 is 0 Å². The molecule has 3 heteroatoms. The largest absolute Gasteiger partial charge is 0.399 e. The summed E-state index contributed by atoms with van der Waals surface area (Å²) in [5.74, 6) is 0.119. The van der Waals surface area contributed by atoms with Crippen LogP contribution >= 0.6 is 0 Å². The van der Waals surface area contributed by atoms with Gasteiger partial charge in [-0.05, 0) is 42.2 Å². The molecule has 0 saturated carbocycles. The molecular formula is C17H18N2O. The molecule has 3 nitrogen and oxygen atoms in total. The zero-order valence-electron chi connectivity index (χ0n) is 11.6. The van der Waals surface area contributed by atoms with Gasteiger partial charge in [-0.3, -0.25) is 4.79 Å². The second kappa shape index (κ2) is 5.00. The summed E-state index contributed by atoms with van der Waals surface area (Å²) in [4.78, 5) is 14.4. The highest BCUT2D eigenvalue weighted by Gasteiger charge is 2.24. The van der Waals surface area contributed by atoms with Crippen molar-refractivity contribution in [2.24, 2.45) is 0 Å². The van der Waals surface area contributed by atoms with E-state index in [0.29, 0.717) is 6.54 Å². The number of carbonyl (C=O) groups excluding carboxylic acids is 1. The van der Waals surface area contributed by atoms with Crippen molar-refractivity contribution in [3.05, 3.63) is 64.7 Å². The fourth-order valence-corrected chi connectivity index (χ4v) is 2.71. The van der Waals surface area contributed by atoms with Crippen LogP contribution in [-0.2, 0) is 13.0 Å². The number of carbonyl (C=O) groups is 1. The zero-order chi connectivity index (χ0) is 14.1. The fourth-order valence-electron chi connectivity index (χ4n) is 2.71. The van der Waals surface area contributed by atoms with Crippen LogP contribution in [0, 0.1) is 6.92 Å². The third-order valence-electron chi connectivity index (χ3n) is 4.04. The van der Waals surface area contributed by atoms with E-state index in [2.05, 4.69) is 0 Å². The van der Waals surface area contributed by atoms with E-state index in [4.69, 9.17) is 5.73 Å². The van der Waals surface area contributed by atoms with Crippen molar-refractivity contribution >= 4 is 11.6 Å². The highest BCUT2D eigenvalue weighted by atomic mass is 16.2. The van der Waals surface area contributed by atoms with Crippen LogP contribution in [0.15, 0.2) is 42.5 Å². The Bertz CT molecular complexity index is 664. The molecule has 0 radical (unpaired) electrons. The van der Waals surface area contributed by atoms with Crippen LogP contribution in [0.1, 0.15) is 27.0 Å². The lowest BCUT2D eigenvalue weighted by molar-refractivity contribution is 0.0727. The first-order valence-electron chi connectivity index (χ1n) is 6.88. The molecule has 2 N–H and O–H groups in total. The third-order valence-corrected chi connectivity index (χ3v) is 4.04. The van der Waals surface area contributed by atoms with Crippen LogP contribution < -0.4 is 5.73 Å². The number of hydrogen-bond donors (Lipinski definition) is 1. The third kappa shape index (κ3) is 2.16. The Morgan fingerprint density at radius 3 is 2.80 bits per heavy atom. The Morgan fingerprint density at radius 1 is 1.15 bits per heavy atom. The fraction of sp³-hybridized carbons (Fsp3) is 0.235. The van der Waals surface area contributed by atoms with Gasteiger partial charge in [0.15, 0.2) is 0 Å². The topological polar surface area (TPSA) is 46.3 Å². The molecule has 0 spiro atoms. The van der Waals surface area contributed by atoms with Gasteiger partial charge in [-0.25, -0.2) is 0 Å². The molecule has 0 aliphatic carbocycles. The Labute approximate surface area is 119 Å². The standard InChI is InChI=1S/C17H18N2O/c1-12-14(6-4-8-16(12)18)11-19-10-9-13-5-2-3-7-15(13)17(19)20/h2-8H,9-11,18H2,1H3. The first-order chi connectivity index (χ1) is 9.66. The van der Waals surface area contributed by atoms with E-state index < -0.39 is 0 Å². The second-order valence-electron chi connectivity index (χ2n) is 5.27. The van der Waals surface area contributed by atoms with Gasteiger partial charge in [-0.15, -0.1) is 0 Å². The maximum Gasteiger partial charge on any atom is 0.254 e. The van der Waals surface area contributed by atoms with E-state index in [-0.39, 0.29) is 5.91 Å². The average Bonchev–Trinajstić information content (AvgIpc) is 2.47. The number of amides is 1. The molecule has 2 aromatic rings. The summed E-state index contributed by atoms with van der Waals surface area (Å²) < 4.78 is 0. The summed E-state index contributed by atoms with van der Waals surface area (Å²) in [6.07, 6.45) is 0.920. The number of anilines is 1. The van der Waals surface area contributed by atoms with Crippen LogP contribution in [0.3, 0.4) is 0 Å². The van der Waals surface area contributed by atoms with Gasteiger partial charge in [-0.1, -0.05) is 30.3 Å². The number of hydrogen-bond acceptors (Lipinski definition) is 2. The van der Waals surface area contributed by atoms with Crippen LogP contribution in [0.5, 0.6) is 0 Å². The van der Waals surface area contributed by atoms with Crippen molar-refractivity contribution in [2.75, 3.05) is 12.3 Å². The first kappa shape index (κ1) is 12.7. The summed E-state index contributed by atoms with van der Waals surface area (Å²) >= 11 is 0. The Kier molecular flexibility index (Phi) is 3.18. The smallest absolute Gasteiger partial charge is 0.254 e. The molecule has 102 valence electrons. The van der Waals surface area contributed by atoms with Gasteiger partial charge in [0.25, 0.3) is 5.91 Å². The molecule has 2 aromatic carbocycles. The Morgan fingerprint density at radius 2 is 1.95 bits per heavy atom. The SMILES string of the molecule is Cc1c(N)cccc1CN1CCc2ccccc2C1=O. The van der Waals surface area contributed by atoms with Crippen LogP contribution in [0.25, 0.3) is 0 Å². The van der Waals surface area contributed by atoms with E-state index in [9.17, 15) is 4.79 Å². The summed E-state index contributed by atoms with van der Waals surface area (Å²) in [6.45, 7) is 3.40. The van der Waals surface area contributed by atoms with Crippen LogP contribution in [0.4, 0.5) is 5.69 Å². The molecule has 1 heterocycles. The van der Waals surface area contributed by atoms with E-state index in [0.717, 1.165) is 40.9 Å². The van der Waals surface area contributed by atoms with Gasteiger partial charge in [-0.2, -0.15) is 0 Å². The molecule has 0 saturated heterocycles. The predicted molar refractivity (Wildman–Crippen MR) is 80.5 cm³/mol. The van der Waals surface area contributed by atoms with Crippen molar-refractivity contribution in [1.82, 2.24) is 4.90 Å². The highest BCUT2D eigenvalue weighted by molar-refractivity contribution is 5.96. The van der Waals surface area contributed by atoms with Gasteiger partial charge in [0, 0.05) is 24.3 Å². The minimum Gasteiger partial charge on any atom is -0.399 e. The van der Waals surface area contributed by atoms with Gasteiger partial charge in [0.2, 0.25) is 0 Å². The molecule has 1 aliphatic heterocycles. The zero-order valence-corrected chi connectivity index (χ0v) is 11.6. The number of rotatable bonds is 2. The number of nitrogens with two attached hydrogens (primary N) is 1. The highest BCUT2D eigenvalue weighted by Crippen LogP contribution is 2.23. The normalized spacial score (nSPS) is 14.2. The summed E-state index contributed by atoms with van der Waals surface area (Å²) in [5.41, 5.74) is 10.9. The monoisotopic (exact) mass is 266 g/mol. The number of fused-ring (bicyclic) bond motifs is 1. The summed E-state index contributed by atoms with van der Waals surface area (Å²) in [5, 5.41) is 0. The minimum absolute atomic E-state index is 0.119. The molecule has 0 bridgehead atoms.